The Labute approximate surface area is 138 Å². The number of halogens is 1. The van der Waals surface area contributed by atoms with Crippen molar-refractivity contribution < 1.29 is 17.6 Å². The first-order valence-electron chi connectivity index (χ1n) is 6.88. The summed E-state index contributed by atoms with van der Waals surface area (Å²) in [5, 5.41) is 4.45. The number of hydrogen-bond donors (Lipinski definition) is 1. The van der Waals surface area contributed by atoms with Crippen LogP contribution in [0.25, 0.3) is 0 Å². The highest BCUT2D eigenvalue weighted by Crippen LogP contribution is 2.12. The SMILES string of the molecule is CS(=O)(=O)N(CCNC(=O)c1cccs1)Cc1ccccc1F. The van der Waals surface area contributed by atoms with Crippen LogP contribution in [0.5, 0.6) is 0 Å². The molecule has 1 aromatic heterocycles. The van der Waals surface area contributed by atoms with Gasteiger partial charge in [0.2, 0.25) is 10.0 Å². The Bertz CT molecular complexity index is 761. The molecular weight excluding hydrogens is 339 g/mol. The Balaban J connectivity index is 1.97. The van der Waals surface area contributed by atoms with Crippen molar-refractivity contribution in [3.63, 3.8) is 0 Å². The standard InChI is InChI=1S/C15H17FN2O3S2/c1-23(20,21)18(11-12-5-2-3-6-13(12)16)9-8-17-15(19)14-7-4-10-22-14/h2-7,10H,8-9,11H2,1H3,(H,17,19). The zero-order chi connectivity index (χ0) is 16.9. The van der Waals surface area contributed by atoms with E-state index >= 15 is 0 Å². The fourth-order valence-corrected chi connectivity index (χ4v) is 3.40. The maximum atomic E-state index is 13.7. The van der Waals surface area contributed by atoms with Crippen LogP contribution in [0.3, 0.4) is 0 Å². The van der Waals surface area contributed by atoms with Gasteiger partial charge in [-0.2, -0.15) is 4.31 Å². The first-order chi connectivity index (χ1) is 10.9. The number of rotatable bonds is 7. The smallest absolute Gasteiger partial charge is 0.261 e. The fourth-order valence-electron chi connectivity index (χ4n) is 1.97. The summed E-state index contributed by atoms with van der Waals surface area (Å²) in [4.78, 5) is 12.4. The predicted molar refractivity (Wildman–Crippen MR) is 88.3 cm³/mol. The number of nitrogens with one attached hydrogen (secondary N) is 1. The first kappa shape index (κ1) is 17.6. The zero-order valence-electron chi connectivity index (χ0n) is 12.5. The Hall–Kier alpha value is -1.77. The number of hydrogen-bond acceptors (Lipinski definition) is 4. The van der Waals surface area contributed by atoms with Gasteiger partial charge < -0.3 is 5.32 Å². The van der Waals surface area contributed by atoms with Gasteiger partial charge in [-0.3, -0.25) is 4.79 Å². The van der Waals surface area contributed by atoms with E-state index in [9.17, 15) is 17.6 Å². The second kappa shape index (κ2) is 7.67. The van der Waals surface area contributed by atoms with E-state index in [1.165, 1.54) is 23.5 Å². The number of sulfonamides is 1. The van der Waals surface area contributed by atoms with Gasteiger partial charge in [0, 0.05) is 25.2 Å². The topological polar surface area (TPSA) is 66.5 Å². The molecule has 0 atom stereocenters. The summed E-state index contributed by atoms with van der Waals surface area (Å²) in [7, 11) is -3.51. The van der Waals surface area contributed by atoms with Gasteiger partial charge in [-0.1, -0.05) is 24.3 Å². The average Bonchev–Trinajstić information content (AvgIpc) is 3.01. The van der Waals surface area contributed by atoms with Crippen LogP contribution in [0.1, 0.15) is 15.2 Å². The molecule has 1 aromatic carbocycles. The molecule has 0 saturated carbocycles. The van der Waals surface area contributed by atoms with Crippen LogP contribution in [0.2, 0.25) is 0 Å². The molecule has 0 fully saturated rings. The lowest BCUT2D eigenvalue weighted by molar-refractivity contribution is 0.0955. The highest BCUT2D eigenvalue weighted by Gasteiger charge is 2.18. The van der Waals surface area contributed by atoms with Gasteiger partial charge in [-0.25, -0.2) is 12.8 Å². The molecule has 0 aliphatic carbocycles. The molecule has 0 aliphatic rings. The van der Waals surface area contributed by atoms with Crippen LogP contribution in [0, 0.1) is 5.82 Å². The Morgan fingerprint density at radius 3 is 2.61 bits per heavy atom. The summed E-state index contributed by atoms with van der Waals surface area (Å²) >= 11 is 1.31. The molecule has 0 spiro atoms. The molecule has 2 aromatic rings. The molecule has 23 heavy (non-hydrogen) atoms. The lowest BCUT2D eigenvalue weighted by Crippen LogP contribution is -2.37. The Kier molecular flexibility index (Phi) is 5.86. The fraction of sp³-hybridized carbons (Fsp3) is 0.267. The van der Waals surface area contributed by atoms with E-state index in [4.69, 9.17) is 0 Å². The molecule has 0 radical (unpaired) electrons. The van der Waals surface area contributed by atoms with E-state index < -0.39 is 15.8 Å². The highest BCUT2D eigenvalue weighted by atomic mass is 32.2. The van der Waals surface area contributed by atoms with Gasteiger partial charge in [0.25, 0.3) is 5.91 Å². The number of nitrogens with zero attached hydrogens (tertiary/aromatic N) is 1. The van der Waals surface area contributed by atoms with Crippen molar-refractivity contribution in [2.24, 2.45) is 0 Å². The summed E-state index contributed by atoms with van der Waals surface area (Å²) in [6.07, 6.45) is 1.06. The molecular formula is C15H17FN2O3S2. The molecule has 0 bridgehead atoms. The lowest BCUT2D eigenvalue weighted by Gasteiger charge is -2.20. The van der Waals surface area contributed by atoms with Crippen LogP contribution in [-0.4, -0.2) is 38.0 Å². The van der Waals surface area contributed by atoms with Gasteiger partial charge in [-0.15, -0.1) is 11.3 Å². The second-order valence-corrected chi connectivity index (χ2v) is 7.85. The van der Waals surface area contributed by atoms with Crippen LogP contribution in [0.4, 0.5) is 4.39 Å². The quantitative estimate of drug-likeness (QED) is 0.826. The van der Waals surface area contributed by atoms with E-state index in [-0.39, 0.29) is 25.5 Å². The third kappa shape index (κ3) is 5.12. The van der Waals surface area contributed by atoms with Crippen molar-refractivity contribution in [1.82, 2.24) is 9.62 Å². The summed E-state index contributed by atoms with van der Waals surface area (Å²) in [5.74, 6) is -0.705. The number of benzene rings is 1. The molecule has 8 heteroatoms. The van der Waals surface area contributed by atoms with Gasteiger partial charge in [0.05, 0.1) is 11.1 Å². The summed E-state index contributed by atoms with van der Waals surface area (Å²) < 4.78 is 38.5. The van der Waals surface area contributed by atoms with Gasteiger partial charge in [-0.05, 0) is 17.5 Å². The molecule has 5 nitrogen and oxygen atoms in total. The molecule has 0 saturated heterocycles. The van der Waals surface area contributed by atoms with Crippen LogP contribution in [0.15, 0.2) is 41.8 Å². The van der Waals surface area contributed by atoms with E-state index in [1.807, 2.05) is 0 Å². The average molecular weight is 356 g/mol. The van der Waals surface area contributed by atoms with Crippen LogP contribution in [-0.2, 0) is 16.6 Å². The normalized spacial score (nSPS) is 11.6. The summed E-state index contributed by atoms with van der Waals surface area (Å²) in [6.45, 7) is 0.156. The van der Waals surface area contributed by atoms with Crippen LogP contribution >= 0.6 is 11.3 Å². The molecule has 2 rings (SSSR count). The van der Waals surface area contributed by atoms with Crippen molar-refractivity contribution in [2.75, 3.05) is 19.3 Å². The molecule has 1 amide bonds. The van der Waals surface area contributed by atoms with Gasteiger partial charge in [0.1, 0.15) is 5.82 Å². The second-order valence-electron chi connectivity index (χ2n) is 4.92. The van der Waals surface area contributed by atoms with Crippen molar-refractivity contribution in [3.05, 3.63) is 58.0 Å². The maximum Gasteiger partial charge on any atom is 0.261 e. The first-order valence-corrected chi connectivity index (χ1v) is 9.61. The summed E-state index contributed by atoms with van der Waals surface area (Å²) in [5.41, 5.74) is 0.294. The third-order valence-corrected chi connectivity index (χ3v) is 5.28. The van der Waals surface area contributed by atoms with Crippen molar-refractivity contribution in [1.29, 1.82) is 0 Å². The number of carbonyl (C=O) groups is 1. The largest absolute Gasteiger partial charge is 0.350 e. The minimum absolute atomic E-state index is 0.0691. The van der Waals surface area contributed by atoms with E-state index in [1.54, 1.807) is 29.6 Å². The van der Waals surface area contributed by atoms with Crippen molar-refractivity contribution in [2.45, 2.75) is 6.54 Å². The number of carbonyl (C=O) groups excluding carboxylic acids is 1. The molecule has 0 aliphatic heterocycles. The minimum Gasteiger partial charge on any atom is -0.350 e. The monoisotopic (exact) mass is 356 g/mol. The van der Waals surface area contributed by atoms with Crippen molar-refractivity contribution >= 4 is 27.3 Å². The summed E-state index contributed by atoms with van der Waals surface area (Å²) in [6, 6.07) is 9.47. The molecule has 1 heterocycles. The van der Waals surface area contributed by atoms with Gasteiger partial charge in [0.15, 0.2) is 0 Å². The van der Waals surface area contributed by atoms with E-state index in [2.05, 4.69) is 5.32 Å². The maximum absolute atomic E-state index is 13.7. The number of amides is 1. The minimum atomic E-state index is -3.51. The molecule has 1 N–H and O–H groups in total. The molecule has 124 valence electrons. The van der Waals surface area contributed by atoms with E-state index in [0.29, 0.717) is 10.4 Å². The molecule has 0 unspecified atom stereocenters. The van der Waals surface area contributed by atoms with Crippen LogP contribution < -0.4 is 5.32 Å². The van der Waals surface area contributed by atoms with E-state index in [0.717, 1.165) is 10.6 Å². The Morgan fingerprint density at radius 2 is 2.00 bits per heavy atom. The lowest BCUT2D eigenvalue weighted by atomic mass is 10.2. The van der Waals surface area contributed by atoms with Crippen molar-refractivity contribution in [3.8, 4) is 0 Å². The van der Waals surface area contributed by atoms with Gasteiger partial charge >= 0.3 is 0 Å². The zero-order valence-corrected chi connectivity index (χ0v) is 14.2. The number of thiophene rings is 1. The Morgan fingerprint density at radius 1 is 1.26 bits per heavy atom. The predicted octanol–water partition coefficient (Wildman–Crippen LogP) is 2.08. The third-order valence-electron chi connectivity index (χ3n) is 3.17. The highest BCUT2D eigenvalue weighted by molar-refractivity contribution is 7.88.